The Morgan fingerprint density at radius 3 is 3.06 bits per heavy atom. The number of hydrogen-bond acceptors (Lipinski definition) is 3. The maximum atomic E-state index is 6.34. The van der Waals surface area contributed by atoms with E-state index in [1.54, 1.807) is 0 Å². The highest BCUT2D eigenvalue weighted by molar-refractivity contribution is 5.44. The van der Waals surface area contributed by atoms with Crippen molar-refractivity contribution in [1.29, 1.82) is 0 Å². The van der Waals surface area contributed by atoms with Gasteiger partial charge in [0, 0.05) is 18.2 Å². The van der Waals surface area contributed by atoms with E-state index in [9.17, 15) is 0 Å². The molecule has 2 heterocycles. The van der Waals surface area contributed by atoms with Gasteiger partial charge in [0.25, 0.3) is 0 Å². The van der Waals surface area contributed by atoms with Gasteiger partial charge in [0.15, 0.2) is 0 Å². The van der Waals surface area contributed by atoms with Crippen molar-refractivity contribution in [1.82, 2.24) is 0 Å². The Morgan fingerprint density at radius 1 is 1.28 bits per heavy atom. The van der Waals surface area contributed by atoms with Gasteiger partial charge in [-0.25, -0.2) is 0 Å². The second-order valence-corrected chi connectivity index (χ2v) is 5.26. The van der Waals surface area contributed by atoms with Gasteiger partial charge in [-0.05, 0) is 37.7 Å². The summed E-state index contributed by atoms with van der Waals surface area (Å²) in [5.74, 6) is 1.04. The highest BCUT2D eigenvalue weighted by atomic mass is 16.5. The number of fused-ring (bicyclic) bond motifs is 1. The van der Waals surface area contributed by atoms with Crippen LogP contribution in [-0.2, 0) is 11.2 Å². The average Bonchev–Trinajstić information content (AvgIpc) is 2.91. The summed E-state index contributed by atoms with van der Waals surface area (Å²) in [5, 5.41) is 0. The molecule has 1 saturated heterocycles. The van der Waals surface area contributed by atoms with Gasteiger partial charge in [-0.3, -0.25) is 0 Å². The third-order valence-corrected chi connectivity index (χ3v) is 3.90. The molecule has 1 aromatic carbocycles. The maximum Gasteiger partial charge on any atom is 0.127 e. The lowest BCUT2D eigenvalue weighted by Crippen LogP contribution is -2.20. The SMILES string of the molecule is NC(CC1CCCO1)c1cccc2c1OCCC2. The summed E-state index contributed by atoms with van der Waals surface area (Å²) in [7, 11) is 0. The van der Waals surface area contributed by atoms with Crippen LogP contribution in [0.2, 0.25) is 0 Å². The van der Waals surface area contributed by atoms with Crippen LogP contribution in [0.3, 0.4) is 0 Å². The van der Waals surface area contributed by atoms with Crippen LogP contribution in [0, 0.1) is 0 Å². The first-order valence-corrected chi connectivity index (χ1v) is 6.96. The van der Waals surface area contributed by atoms with E-state index in [0.717, 1.165) is 50.2 Å². The van der Waals surface area contributed by atoms with Gasteiger partial charge in [-0.15, -0.1) is 0 Å². The lowest BCUT2D eigenvalue weighted by Gasteiger charge is -2.24. The molecule has 1 fully saturated rings. The molecular formula is C15H21NO2. The van der Waals surface area contributed by atoms with Crippen molar-refractivity contribution in [3.05, 3.63) is 29.3 Å². The van der Waals surface area contributed by atoms with Crippen LogP contribution in [0.25, 0.3) is 0 Å². The first-order chi connectivity index (χ1) is 8.84. The van der Waals surface area contributed by atoms with Crippen LogP contribution in [0.4, 0.5) is 0 Å². The number of hydrogen-bond donors (Lipinski definition) is 1. The lowest BCUT2D eigenvalue weighted by atomic mass is 9.95. The van der Waals surface area contributed by atoms with E-state index in [4.69, 9.17) is 15.2 Å². The summed E-state index contributed by atoms with van der Waals surface area (Å²) < 4.78 is 11.5. The van der Waals surface area contributed by atoms with Crippen molar-refractivity contribution in [3.8, 4) is 5.75 Å². The van der Waals surface area contributed by atoms with Gasteiger partial charge in [-0.1, -0.05) is 18.2 Å². The molecule has 2 atom stereocenters. The predicted molar refractivity (Wildman–Crippen MR) is 70.8 cm³/mol. The summed E-state index contributed by atoms with van der Waals surface area (Å²) in [6, 6.07) is 6.37. The average molecular weight is 247 g/mol. The zero-order chi connectivity index (χ0) is 12.4. The Bertz CT molecular complexity index is 413. The molecule has 0 bridgehead atoms. The Labute approximate surface area is 108 Å². The van der Waals surface area contributed by atoms with Crippen LogP contribution in [0.5, 0.6) is 5.75 Å². The molecule has 98 valence electrons. The Morgan fingerprint density at radius 2 is 2.22 bits per heavy atom. The minimum absolute atomic E-state index is 0.0288. The van der Waals surface area contributed by atoms with Crippen molar-refractivity contribution in [3.63, 3.8) is 0 Å². The molecule has 2 aliphatic heterocycles. The summed E-state index contributed by atoms with van der Waals surface area (Å²) >= 11 is 0. The van der Waals surface area contributed by atoms with Gasteiger partial charge in [0.05, 0.1) is 12.7 Å². The van der Waals surface area contributed by atoms with Gasteiger partial charge in [-0.2, -0.15) is 0 Å². The quantitative estimate of drug-likeness (QED) is 0.893. The minimum atomic E-state index is 0.0288. The molecule has 18 heavy (non-hydrogen) atoms. The fourth-order valence-electron chi connectivity index (χ4n) is 2.95. The van der Waals surface area contributed by atoms with Crippen molar-refractivity contribution >= 4 is 0 Å². The van der Waals surface area contributed by atoms with Crippen LogP contribution < -0.4 is 10.5 Å². The van der Waals surface area contributed by atoms with Crippen molar-refractivity contribution in [2.45, 2.75) is 44.2 Å². The third-order valence-electron chi connectivity index (χ3n) is 3.90. The van der Waals surface area contributed by atoms with E-state index < -0.39 is 0 Å². The van der Waals surface area contributed by atoms with Crippen LogP contribution in [0.1, 0.15) is 42.9 Å². The lowest BCUT2D eigenvalue weighted by molar-refractivity contribution is 0.0979. The van der Waals surface area contributed by atoms with Crippen molar-refractivity contribution in [2.24, 2.45) is 5.73 Å². The third kappa shape index (κ3) is 2.38. The van der Waals surface area contributed by atoms with Crippen LogP contribution in [0.15, 0.2) is 18.2 Å². The zero-order valence-electron chi connectivity index (χ0n) is 10.7. The largest absolute Gasteiger partial charge is 0.493 e. The number of ether oxygens (including phenoxy) is 2. The summed E-state index contributed by atoms with van der Waals surface area (Å²) in [5.41, 5.74) is 8.80. The number of rotatable bonds is 3. The molecule has 0 amide bonds. The van der Waals surface area contributed by atoms with Gasteiger partial charge in [0.1, 0.15) is 5.75 Å². The molecule has 2 N–H and O–H groups in total. The number of nitrogens with two attached hydrogens (primary N) is 1. The molecule has 0 aromatic heterocycles. The van der Waals surface area contributed by atoms with Crippen molar-refractivity contribution in [2.75, 3.05) is 13.2 Å². The monoisotopic (exact) mass is 247 g/mol. The number of para-hydroxylation sites is 1. The normalized spacial score (nSPS) is 24.4. The minimum Gasteiger partial charge on any atom is -0.493 e. The second-order valence-electron chi connectivity index (χ2n) is 5.26. The van der Waals surface area contributed by atoms with Crippen LogP contribution in [-0.4, -0.2) is 19.3 Å². The van der Waals surface area contributed by atoms with E-state index in [-0.39, 0.29) is 6.04 Å². The molecule has 0 spiro atoms. The molecule has 1 aromatic rings. The molecule has 2 aliphatic rings. The highest BCUT2D eigenvalue weighted by Gasteiger charge is 2.23. The van der Waals surface area contributed by atoms with E-state index in [1.165, 1.54) is 12.0 Å². The Kier molecular flexibility index (Phi) is 3.52. The highest BCUT2D eigenvalue weighted by Crippen LogP contribution is 2.34. The zero-order valence-corrected chi connectivity index (χ0v) is 10.7. The van der Waals surface area contributed by atoms with Gasteiger partial charge in [0.2, 0.25) is 0 Å². The van der Waals surface area contributed by atoms with Crippen molar-refractivity contribution < 1.29 is 9.47 Å². The molecule has 0 radical (unpaired) electrons. The van der Waals surface area contributed by atoms with E-state index in [0.29, 0.717) is 6.10 Å². The molecule has 2 unspecified atom stereocenters. The van der Waals surface area contributed by atoms with E-state index in [1.807, 2.05) is 0 Å². The van der Waals surface area contributed by atoms with Gasteiger partial charge >= 0.3 is 0 Å². The molecular weight excluding hydrogens is 226 g/mol. The standard InChI is InChI=1S/C15H21NO2/c16-14(10-12-6-3-8-17-12)13-7-1-4-11-5-2-9-18-15(11)13/h1,4,7,12,14H,2-3,5-6,8-10,16H2. The fraction of sp³-hybridized carbons (Fsp3) is 0.600. The smallest absolute Gasteiger partial charge is 0.127 e. The van der Waals surface area contributed by atoms with Crippen LogP contribution >= 0.6 is 0 Å². The molecule has 0 aliphatic carbocycles. The Balaban J connectivity index is 1.78. The number of benzene rings is 1. The van der Waals surface area contributed by atoms with E-state index >= 15 is 0 Å². The Hall–Kier alpha value is -1.06. The molecule has 0 saturated carbocycles. The molecule has 3 heteroatoms. The molecule has 3 nitrogen and oxygen atoms in total. The van der Waals surface area contributed by atoms with E-state index in [2.05, 4.69) is 18.2 Å². The topological polar surface area (TPSA) is 44.5 Å². The van der Waals surface area contributed by atoms with Gasteiger partial charge < -0.3 is 15.2 Å². The number of aryl methyl sites for hydroxylation is 1. The summed E-state index contributed by atoms with van der Waals surface area (Å²) in [6.45, 7) is 1.71. The fourth-order valence-corrected chi connectivity index (χ4v) is 2.95. The first-order valence-electron chi connectivity index (χ1n) is 6.96. The molecule has 3 rings (SSSR count). The first kappa shape index (κ1) is 12.0. The summed E-state index contributed by atoms with van der Waals surface area (Å²) in [6.07, 6.45) is 5.76. The second kappa shape index (κ2) is 5.29. The predicted octanol–water partition coefficient (Wildman–Crippen LogP) is 2.58. The maximum absolute atomic E-state index is 6.34. The summed E-state index contributed by atoms with van der Waals surface area (Å²) in [4.78, 5) is 0.